The van der Waals surface area contributed by atoms with Gasteiger partial charge in [-0.2, -0.15) is 0 Å². The Bertz CT molecular complexity index is 700. The number of nitrogens with one attached hydrogen (secondary N) is 1. The number of sulfonamides is 1. The standard InChI is InChI=1S/C11H10ClFN2O2S2/c1-7-14-5-9(18-7)6-15-19(16,17)11-4-8(12)2-3-10(11)13/h2-5,15H,6H2,1H3. The summed E-state index contributed by atoms with van der Waals surface area (Å²) in [5.41, 5.74) is 0. The molecule has 1 aromatic carbocycles. The number of aryl methyl sites for hydroxylation is 1. The van der Waals surface area contributed by atoms with Crippen LogP contribution in [-0.4, -0.2) is 13.4 Å². The predicted octanol–water partition coefficient (Wildman–Crippen LogP) is 2.72. The highest BCUT2D eigenvalue weighted by Gasteiger charge is 2.19. The summed E-state index contributed by atoms with van der Waals surface area (Å²) in [6.07, 6.45) is 1.58. The monoisotopic (exact) mass is 320 g/mol. The molecule has 4 nitrogen and oxygen atoms in total. The van der Waals surface area contributed by atoms with Gasteiger partial charge in [0.05, 0.1) is 5.01 Å². The summed E-state index contributed by atoms with van der Waals surface area (Å²) in [4.78, 5) is 4.31. The summed E-state index contributed by atoms with van der Waals surface area (Å²) in [7, 11) is -3.93. The Labute approximate surface area is 119 Å². The molecule has 0 radical (unpaired) electrons. The highest BCUT2D eigenvalue weighted by molar-refractivity contribution is 7.89. The van der Waals surface area contributed by atoms with Crippen LogP contribution in [0, 0.1) is 12.7 Å². The lowest BCUT2D eigenvalue weighted by atomic mass is 10.3. The van der Waals surface area contributed by atoms with Crippen molar-refractivity contribution < 1.29 is 12.8 Å². The van der Waals surface area contributed by atoms with Gasteiger partial charge in [0, 0.05) is 22.6 Å². The fraction of sp³-hybridized carbons (Fsp3) is 0.182. The summed E-state index contributed by atoms with van der Waals surface area (Å²) < 4.78 is 39.7. The van der Waals surface area contributed by atoms with Crippen molar-refractivity contribution in [3.63, 3.8) is 0 Å². The number of hydrogen-bond donors (Lipinski definition) is 1. The number of rotatable bonds is 4. The van der Waals surface area contributed by atoms with Crippen LogP contribution < -0.4 is 4.72 Å². The van der Waals surface area contributed by atoms with Crippen molar-refractivity contribution in [1.82, 2.24) is 9.71 Å². The number of hydrogen-bond acceptors (Lipinski definition) is 4. The maximum absolute atomic E-state index is 13.5. The first kappa shape index (κ1) is 14.4. The average molecular weight is 321 g/mol. The van der Waals surface area contributed by atoms with Crippen LogP contribution in [0.1, 0.15) is 9.88 Å². The van der Waals surface area contributed by atoms with E-state index in [2.05, 4.69) is 9.71 Å². The van der Waals surface area contributed by atoms with E-state index in [9.17, 15) is 12.8 Å². The largest absolute Gasteiger partial charge is 0.250 e. The molecule has 0 unspecified atom stereocenters. The molecule has 0 bridgehead atoms. The first-order valence-electron chi connectivity index (χ1n) is 5.24. The summed E-state index contributed by atoms with van der Waals surface area (Å²) in [5.74, 6) is -0.836. The van der Waals surface area contributed by atoms with Gasteiger partial charge in [-0.1, -0.05) is 11.6 Å². The summed E-state index contributed by atoms with van der Waals surface area (Å²) in [6, 6.07) is 3.40. The first-order chi connectivity index (χ1) is 8.88. The quantitative estimate of drug-likeness (QED) is 0.942. The van der Waals surface area contributed by atoms with Gasteiger partial charge in [0.25, 0.3) is 0 Å². The van der Waals surface area contributed by atoms with Gasteiger partial charge in [-0.15, -0.1) is 11.3 Å². The van der Waals surface area contributed by atoms with Crippen LogP contribution >= 0.6 is 22.9 Å². The SMILES string of the molecule is Cc1ncc(CNS(=O)(=O)c2cc(Cl)ccc2F)s1. The van der Waals surface area contributed by atoms with Gasteiger partial charge >= 0.3 is 0 Å². The normalized spacial score (nSPS) is 11.7. The van der Waals surface area contributed by atoms with Gasteiger partial charge in [-0.3, -0.25) is 0 Å². The molecule has 1 heterocycles. The van der Waals surface area contributed by atoms with Gasteiger partial charge in [0.2, 0.25) is 10.0 Å². The fourth-order valence-electron chi connectivity index (χ4n) is 1.41. The van der Waals surface area contributed by atoms with E-state index in [1.807, 2.05) is 6.92 Å². The van der Waals surface area contributed by atoms with Gasteiger partial charge in [0.1, 0.15) is 10.7 Å². The zero-order chi connectivity index (χ0) is 14.0. The molecule has 0 aliphatic carbocycles. The molecule has 8 heteroatoms. The van der Waals surface area contributed by atoms with E-state index >= 15 is 0 Å². The topological polar surface area (TPSA) is 59.1 Å². The maximum Gasteiger partial charge on any atom is 0.243 e. The van der Waals surface area contributed by atoms with Crippen molar-refractivity contribution in [2.24, 2.45) is 0 Å². The molecule has 2 rings (SSSR count). The Morgan fingerprint density at radius 1 is 1.47 bits per heavy atom. The van der Waals surface area contributed by atoms with Gasteiger partial charge in [-0.25, -0.2) is 22.5 Å². The van der Waals surface area contributed by atoms with Crippen LogP contribution in [0.3, 0.4) is 0 Å². The van der Waals surface area contributed by atoms with Crippen LogP contribution in [0.5, 0.6) is 0 Å². The minimum atomic E-state index is -3.93. The third kappa shape index (κ3) is 3.50. The zero-order valence-electron chi connectivity index (χ0n) is 9.85. The third-order valence-electron chi connectivity index (χ3n) is 2.29. The van der Waals surface area contributed by atoms with Crippen molar-refractivity contribution in [2.75, 3.05) is 0 Å². The van der Waals surface area contributed by atoms with E-state index in [4.69, 9.17) is 11.6 Å². The molecule has 0 aliphatic heterocycles. The van der Waals surface area contributed by atoms with Gasteiger partial charge in [-0.05, 0) is 25.1 Å². The van der Waals surface area contributed by atoms with E-state index in [0.717, 1.165) is 22.0 Å². The summed E-state index contributed by atoms with van der Waals surface area (Å²) in [6.45, 7) is 1.89. The molecule has 1 aromatic heterocycles. The molecule has 2 aromatic rings. The molecule has 0 saturated heterocycles. The number of aromatic nitrogens is 1. The first-order valence-corrected chi connectivity index (χ1v) is 7.92. The van der Waals surface area contributed by atoms with Crippen LogP contribution in [0.25, 0.3) is 0 Å². The van der Waals surface area contributed by atoms with Crippen molar-refractivity contribution >= 4 is 33.0 Å². The van der Waals surface area contributed by atoms with Gasteiger partial charge < -0.3 is 0 Å². The highest BCUT2D eigenvalue weighted by atomic mass is 35.5. The number of benzene rings is 1. The molecule has 0 atom stereocenters. The van der Waals surface area contributed by atoms with E-state index in [1.54, 1.807) is 6.20 Å². The second kappa shape index (κ2) is 5.54. The van der Waals surface area contributed by atoms with E-state index in [-0.39, 0.29) is 11.6 Å². The molecule has 0 fully saturated rings. The summed E-state index contributed by atoms with van der Waals surface area (Å²) >= 11 is 7.05. The minimum Gasteiger partial charge on any atom is -0.250 e. The Morgan fingerprint density at radius 2 is 2.21 bits per heavy atom. The fourth-order valence-corrected chi connectivity index (χ4v) is 3.58. The van der Waals surface area contributed by atoms with Crippen molar-refractivity contribution in [3.05, 3.63) is 45.1 Å². The van der Waals surface area contributed by atoms with Crippen molar-refractivity contribution in [2.45, 2.75) is 18.4 Å². The lowest BCUT2D eigenvalue weighted by Gasteiger charge is -2.06. The molecule has 0 amide bonds. The molecule has 0 spiro atoms. The van der Waals surface area contributed by atoms with E-state index in [0.29, 0.717) is 0 Å². The molecular formula is C11H10ClFN2O2S2. The lowest BCUT2D eigenvalue weighted by Crippen LogP contribution is -2.23. The number of nitrogens with zero attached hydrogens (tertiary/aromatic N) is 1. The smallest absolute Gasteiger partial charge is 0.243 e. The van der Waals surface area contributed by atoms with E-state index < -0.39 is 20.7 Å². The van der Waals surface area contributed by atoms with E-state index in [1.165, 1.54) is 17.4 Å². The van der Waals surface area contributed by atoms with Crippen LogP contribution in [0.4, 0.5) is 4.39 Å². The van der Waals surface area contributed by atoms with Crippen molar-refractivity contribution in [1.29, 1.82) is 0 Å². The lowest BCUT2D eigenvalue weighted by molar-refractivity contribution is 0.557. The molecular weight excluding hydrogens is 311 g/mol. The number of thiazole rings is 1. The molecule has 19 heavy (non-hydrogen) atoms. The number of halogens is 2. The Balaban J connectivity index is 2.20. The second-order valence-corrected chi connectivity index (χ2v) is 7.24. The predicted molar refractivity (Wildman–Crippen MR) is 72.3 cm³/mol. The third-order valence-corrected chi connectivity index (χ3v) is 4.85. The molecule has 1 N–H and O–H groups in total. The molecule has 0 aliphatic rings. The Kier molecular flexibility index (Phi) is 4.19. The maximum atomic E-state index is 13.5. The van der Waals surface area contributed by atoms with Crippen LogP contribution in [0.2, 0.25) is 5.02 Å². The zero-order valence-corrected chi connectivity index (χ0v) is 12.2. The molecule has 102 valence electrons. The minimum absolute atomic E-state index is 0.0692. The Morgan fingerprint density at radius 3 is 2.84 bits per heavy atom. The summed E-state index contributed by atoms with van der Waals surface area (Å²) in [5, 5.41) is 0.999. The average Bonchev–Trinajstić information content (AvgIpc) is 2.76. The van der Waals surface area contributed by atoms with Crippen LogP contribution in [0.15, 0.2) is 29.3 Å². The second-order valence-electron chi connectivity index (χ2n) is 3.74. The highest BCUT2D eigenvalue weighted by Crippen LogP contribution is 2.20. The molecule has 0 saturated carbocycles. The van der Waals surface area contributed by atoms with Crippen LogP contribution in [-0.2, 0) is 16.6 Å². The Hall–Kier alpha value is -1.02. The van der Waals surface area contributed by atoms with Gasteiger partial charge in [0.15, 0.2) is 0 Å². The van der Waals surface area contributed by atoms with Crippen molar-refractivity contribution in [3.8, 4) is 0 Å².